The van der Waals surface area contributed by atoms with Gasteiger partial charge in [0.2, 0.25) is 0 Å². The highest BCUT2D eigenvalue weighted by atomic mass is 16.5. The predicted molar refractivity (Wildman–Crippen MR) is 89.3 cm³/mol. The number of benzene rings is 1. The van der Waals surface area contributed by atoms with Crippen LogP contribution in [0.5, 0.6) is 11.5 Å². The molecule has 2 aliphatic carbocycles. The third-order valence-electron chi connectivity index (χ3n) is 6.21. The molecule has 1 N–H and O–H groups in total. The molecule has 0 unspecified atom stereocenters. The van der Waals surface area contributed by atoms with E-state index < -0.39 is 0 Å². The van der Waals surface area contributed by atoms with Crippen LogP contribution in [0.3, 0.4) is 0 Å². The first-order valence-corrected chi connectivity index (χ1v) is 8.40. The van der Waals surface area contributed by atoms with Crippen LogP contribution in [0, 0.1) is 5.92 Å². The van der Waals surface area contributed by atoms with Gasteiger partial charge in [-0.2, -0.15) is 0 Å². The number of phenols is 1. The molecule has 3 aliphatic rings. The average molecular weight is 329 g/mol. The van der Waals surface area contributed by atoms with E-state index in [-0.39, 0.29) is 22.9 Å². The number of allylic oxidation sites excluding steroid dienone is 1. The molecule has 24 heavy (non-hydrogen) atoms. The third-order valence-corrected chi connectivity index (χ3v) is 6.21. The standard InChI is InChI=1S/C19H23NO4/c1-20-7-6-19-10-14(21)16(24-3)9-12(19)13(20)8-11-4-5-15(23-2)18(22)17(11)19/h4-5,9,12-13,22H,6-8,10H2,1-3H3/t12-,13+,19+/m0/s1. The summed E-state index contributed by atoms with van der Waals surface area (Å²) in [5.41, 5.74) is 1.68. The fourth-order valence-corrected chi connectivity index (χ4v) is 5.03. The number of Topliss-reactive ketones (excluding diaryl/α,β-unsaturated/α-hetero) is 1. The molecular formula is C19H23NO4. The van der Waals surface area contributed by atoms with Gasteiger partial charge in [0.15, 0.2) is 23.0 Å². The summed E-state index contributed by atoms with van der Waals surface area (Å²) in [5.74, 6) is 1.32. The first-order valence-electron chi connectivity index (χ1n) is 8.40. The molecule has 0 saturated carbocycles. The Morgan fingerprint density at radius 1 is 1.29 bits per heavy atom. The molecule has 0 aromatic heterocycles. The number of nitrogens with zero attached hydrogens (tertiary/aromatic N) is 1. The Hall–Kier alpha value is -2.01. The molecule has 0 amide bonds. The Morgan fingerprint density at radius 2 is 2.08 bits per heavy atom. The lowest BCUT2D eigenvalue weighted by Crippen LogP contribution is -2.60. The van der Waals surface area contributed by atoms with E-state index in [9.17, 15) is 9.90 Å². The summed E-state index contributed by atoms with van der Waals surface area (Å²) >= 11 is 0. The molecule has 5 nitrogen and oxygen atoms in total. The SMILES string of the molecule is COC1=C[C@H]2[C@H]3Cc4ccc(OC)c(O)c4[C@]2(CCN3C)CC1=O. The van der Waals surface area contributed by atoms with Crippen LogP contribution in [-0.2, 0) is 21.4 Å². The fraction of sp³-hybridized carbons (Fsp3) is 0.526. The minimum Gasteiger partial charge on any atom is -0.504 e. The van der Waals surface area contributed by atoms with Gasteiger partial charge in [0.25, 0.3) is 0 Å². The maximum atomic E-state index is 12.6. The molecule has 1 aromatic rings. The van der Waals surface area contributed by atoms with Gasteiger partial charge < -0.3 is 19.5 Å². The minimum atomic E-state index is -0.359. The lowest BCUT2D eigenvalue weighted by atomic mass is 9.53. The fourth-order valence-electron chi connectivity index (χ4n) is 5.03. The van der Waals surface area contributed by atoms with Crippen LogP contribution in [0.25, 0.3) is 0 Å². The van der Waals surface area contributed by atoms with Crippen LogP contribution in [-0.4, -0.2) is 49.6 Å². The molecule has 3 atom stereocenters. The Morgan fingerprint density at radius 3 is 2.79 bits per heavy atom. The highest BCUT2D eigenvalue weighted by Crippen LogP contribution is 2.57. The minimum absolute atomic E-state index is 0.0205. The van der Waals surface area contributed by atoms with Crippen molar-refractivity contribution in [2.75, 3.05) is 27.8 Å². The summed E-state index contributed by atoms with van der Waals surface area (Å²) in [7, 11) is 5.25. The Kier molecular flexibility index (Phi) is 3.39. The van der Waals surface area contributed by atoms with Crippen molar-refractivity contribution in [2.45, 2.75) is 30.7 Å². The van der Waals surface area contributed by atoms with Gasteiger partial charge in [-0.1, -0.05) is 6.07 Å². The number of hydrogen-bond donors (Lipinski definition) is 1. The van der Waals surface area contributed by atoms with Crippen molar-refractivity contribution in [3.63, 3.8) is 0 Å². The number of likely N-dealkylation sites (tertiary alicyclic amines) is 1. The maximum absolute atomic E-state index is 12.6. The molecule has 1 aliphatic heterocycles. The van der Waals surface area contributed by atoms with E-state index in [4.69, 9.17) is 9.47 Å². The zero-order chi connectivity index (χ0) is 17.1. The molecule has 5 heteroatoms. The van der Waals surface area contributed by atoms with Crippen LogP contribution in [0.1, 0.15) is 24.0 Å². The van der Waals surface area contributed by atoms with Crippen molar-refractivity contribution in [3.8, 4) is 11.5 Å². The second-order valence-corrected chi connectivity index (χ2v) is 7.17. The Balaban J connectivity index is 1.97. The van der Waals surface area contributed by atoms with Crippen molar-refractivity contribution in [1.82, 2.24) is 4.90 Å². The Bertz CT molecular complexity index is 741. The number of likely N-dealkylation sites (N-methyl/N-ethyl adjacent to an activating group) is 1. The monoisotopic (exact) mass is 329 g/mol. The summed E-state index contributed by atoms with van der Waals surface area (Å²) in [4.78, 5) is 15.0. The molecule has 1 heterocycles. The average Bonchev–Trinajstić information content (AvgIpc) is 2.57. The first-order chi connectivity index (χ1) is 11.5. The molecule has 1 saturated heterocycles. The number of phenolic OH excluding ortho intramolecular Hbond substituents is 1. The van der Waals surface area contributed by atoms with E-state index in [1.807, 2.05) is 18.2 Å². The summed E-state index contributed by atoms with van der Waals surface area (Å²) in [5, 5.41) is 10.9. The van der Waals surface area contributed by atoms with Crippen molar-refractivity contribution in [3.05, 3.63) is 35.1 Å². The van der Waals surface area contributed by atoms with Crippen molar-refractivity contribution >= 4 is 5.78 Å². The van der Waals surface area contributed by atoms with Crippen molar-refractivity contribution in [1.29, 1.82) is 0 Å². The summed E-state index contributed by atoms with van der Waals surface area (Å²) < 4.78 is 10.6. The molecule has 128 valence electrons. The van der Waals surface area contributed by atoms with Gasteiger partial charge in [0.1, 0.15) is 0 Å². The number of piperidine rings is 1. The van der Waals surface area contributed by atoms with Gasteiger partial charge in [0, 0.05) is 29.4 Å². The molecule has 1 fully saturated rings. The van der Waals surface area contributed by atoms with Gasteiger partial charge in [-0.25, -0.2) is 0 Å². The van der Waals surface area contributed by atoms with E-state index in [0.29, 0.717) is 24.0 Å². The summed E-state index contributed by atoms with van der Waals surface area (Å²) in [6.45, 7) is 0.917. The third kappa shape index (κ3) is 1.88. The molecule has 1 aromatic carbocycles. The quantitative estimate of drug-likeness (QED) is 0.899. The van der Waals surface area contributed by atoms with E-state index in [1.54, 1.807) is 14.2 Å². The number of carbonyl (C=O) groups excluding carboxylic acids is 1. The lowest BCUT2D eigenvalue weighted by molar-refractivity contribution is -0.122. The van der Waals surface area contributed by atoms with E-state index in [1.165, 1.54) is 0 Å². The number of rotatable bonds is 2. The number of fused-ring (bicyclic) bond motifs is 1. The molecule has 0 radical (unpaired) electrons. The van der Waals surface area contributed by atoms with Gasteiger partial charge >= 0.3 is 0 Å². The number of methoxy groups -OCH3 is 2. The topological polar surface area (TPSA) is 59.0 Å². The van der Waals surface area contributed by atoms with Crippen molar-refractivity contribution < 1.29 is 19.4 Å². The zero-order valence-corrected chi connectivity index (χ0v) is 14.3. The summed E-state index contributed by atoms with van der Waals surface area (Å²) in [6.07, 6.45) is 4.08. The highest BCUT2D eigenvalue weighted by Gasteiger charge is 2.56. The maximum Gasteiger partial charge on any atom is 0.197 e. The molecule has 4 rings (SSSR count). The number of aromatic hydroxyl groups is 1. The van der Waals surface area contributed by atoms with Gasteiger partial charge in [-0.05, 0) is 44.1 Å². The molecular weight excluding hydrogens is 306 g/mol. The van der Waals surface area contributed by atoms with Gasteiger partial charge in [-0.3, -0.25) is 4.79 Å². The van der Waals surface area contributed by atoms with Crippen LogP contribution in [0.2, 0.25) is 0 Å². The smallest absolute Gasteiger partial charge is 0.197 e. The number of carbonyl (C=O) groups is 1. The van der Waals surface area contributed by atoms with Crippen LogP contribution >= 0.6 is 0 Å². The van der Waals surface area contributed by atoms with E-state index in [2.05, 4.69) is 11.9 Å². The molecule has 0 spiro atoms. The van der Waals surface area contributed by atoms with Crippen LogP contribution in [0.4, 0.5) is 0 Å². The van der Waals surface area contributed by atoms with Crippen LogP contribution in [0.15, 0.2) is 24.0 Å². The van der Waals surface area contributed by atoms with E-state index >= 15 is 0 Å². The lowest BCUT2D eigenvalue weighted by Gasteiger charge is -2.56. The van der Waals surface area contributed by atoms with Crippen molar-refractivity contribution in [2.24, 2.45) is 5.92 Å². The summed E-state index contributed by atoms with van der Waals surface area (Å²) in [6, 6.07) is 4.18. The first kappa shape index (κ1) is 15.5. The normalized spacial score (nSPS) is 31.8. The number of ketones is 1. The second-order valence-electron chi connectivity index (χ2n) is 7.17. The van der Waals surface area contributed by atoms with E-state index in [0.717, 1.165) is 30.5 Å². The molecule has 2 bridgehead atoms. The van der Waals surface area contributed by atoms with Gasteiger partial charge in [-0.15, -0.1) is 0 Å². The highest BCUT2D eigenvalue weighted by molar-refractivity contribution is 5.96. The predicted octanol–water partition coefficient (Wildman–Crippen LogP) is 2.02. The largest absolute Gasteiger partial charge is 0.504 e. The number of hydrogen-bond acceptors (Lipinski definition) is 5. The van der Waals surface area contributed by atoms with Gasteiger partial charge in [0.05, 0.1) is 14.2 Å². The Labute approximate surface area is 141 Å². The zero-order valence-electron chi connectivity index (χ0n) is 14.3. The van der Waals surface area contributed by atoms with Crippen LogP contribution < -0.4 is 4.74 Å². The second kappa shape index (κ2) is 5.24. The number of ether oxygens (including phenoxy) is 2.